The first-order valence-corrected chi connectivity index (χ1v) is 10.2. The SMILES string of the molecule is O=C(O)C(F)(F)F.O=C1CCCN1Cc1nnc2n1CCN(Cc1nccs1)CC2. The monoisotopic (exact) mass is 446 g/mol. The number of carbonyl (C=O) groups excluding carboxylic acids is 1. The summed E-state index contributed by atoms with van der Waals surface area (Å²) in [4.78, 5) is 29.4. The largest absolute Gasteiger partial charge is 0.490 e. The molecule has 0 aromatic carbocycles. The molecule has 0 saturated carbocycles. The summed E-state index contributed by atoms with van der Waals surface area (Å²) in [5, 5.41) is 19.0. The number of aromatic nitrogens is 4. The van der Waals surface area contributed by atoms with Gasteiger partial charge in [0.15, 0.2) is 5.82 Å². The fraction of sp³-hybridized carbons (Fsp3) is 0.588. The third-order valence-electron chi connectivity index (χ3n) is 4.78. The molecule has 1 N–H and O–H groups in total. The number of fused-ring (bicyclic) bond motifs is 1. The number of hydrogen-bond acceptors (Lipinski definition) is 7. The zero-order valence-electron chi connectivity index (χ0n) is 16.0. The molecule has 164 valence electrons. The van der Waals surface area contributed by atoms with E-state index in [4.69, 9.17) is 9.90 Å². The second-order valence-electron chi connectivity index (χ2n) is 6.86. The van der Waals surface area contributed by atoms with Crippen LogP contribution in [0.25, 0.3) is 0 Å². The Labute approximate surface area is 174 Å². The number of amides is 1. The van der Waals surface area contributed by atoms with Gasteiger partial charge in [0.05, 0.1) is 13.1 Å². The summed E-state index contributed by atoms with van der Waals surface area (Å²) in [6, 6.07) is 0. The molecule has 0 spiro atoms. The number of nitrogens with zero attached hydrogens (tertiary/aromatic N) is 6. The maximum atomic E-state index is 11.8. The molecule has 1 fully saturated rings. The fourth-order valence-electron chi connectivity index (χ4n) is 3.27. The van der Waals surface area contributed by atoms with Gasteiger partial charge in [-0.3, -0.25) is 9.69 Å². The minimum atomic E-state index is -5.08. The van der Waals surface area contributed by atoms with E-state index in [2.05, 4.69) is 24.6 Å². The van der Waals surface area contributed by atoms with Crippen molar-refractivity contribution in [2.24, 2.45) is 0 Å². The van der Waals surface area contributed by atoms with Crippen LogP contribution >= 0.6 is 11.3 Å². The van der Waals surface area contributed by atoms with Gasteiger partial charge < -0.3 is 14.6 Å². The van der Waals surface area contributed by atoms with Gasteiger partial charge in [0.1, 0.15) is 10.8 Å². The second-order valence-corrected chi connectivity index (χ2v) is 7.84. The molecule has 0 bridgehead atoms. The molecule has 2 aliphatic heterocycles. The molecule has 4 heterocycles. The molecule has 13 heteroatoms. The van der Waals surface area contributed by atoms with E-state index >= 15 is 0 Å². The first-order valence-electron chi connectivity index (χ1n) is 9.33. The van der Waals surface area contributed by atoms with Crippen LogP contribution in [0.3, 0.4) is 0 Å². The Kier molecular flexibility index (Phi) is 7.02. The summed E-state index contributed by atoms with van der Waals surface area (Å²) in [5.41, 5.74) is 0. The van der Waals surface area contributed by atoms with Gasteiger partial charge in [0.2, 0.25) is 5.91 Å². The minimum absolute atomic E-state index is 0.237. The molecule has 4 rings (SSSR count). The van der Waals surface area contributed by atoms with E-state index in [1.165, 1.54) is 0 Å². The number of alkyl halides is 3. The molecule has 0 atom stereocenters. The lowest BCUT2D eigenvalue weighted by molar-refractivity contribution is -0.192. The first kappa shape index (κ1) is 22.2. The van der Waals surface area contributed by atoms with Crippen LogP contribution in [0.15, 0.2) is 11.6 Å². The molecule has 1 amide bonds. The standard InChI is InChI=1S/C15H20N6OS.C2HF3O2/c22-15-2-1-5-20(15)10-13-18-17-12-3-6-19(7-8-21(12)13)11-14-16-4-9-23-14;3-2(4,5)1(6)7/h4,9H,1-3,5-8,10-11H2;(H,6,7). The van der Waals surface area contributed by atoms with Crippen LogP contribution in [0.1, 0.15) is 29.5 Å². The van der Waals surface area contributed by atoms with Gasteiger partial charge in [-0.1, -0.05) is 0 Å². The van der Waals surface area contributed by atoms with Crippen LogP contribution in [0.2, 0.25) is 0 Å². The van der Waals surface area contributed by atoms with Crippen molar-refractivity contribution in [3.63, 3.8) is 0 Å². The molecular formula is C17H21F3N6O3S. The number of aliphatic carboxylic acids is 1. The number of thiazole rings is 1. The van der Waals surface area contributed by atoms with Gasteiger partial charge in [0, 0.05) is 50.6 Å². The van der Waals surface area contributed by atoms with Crippen molar-refractivity contribution in [2.45, 2.75) is 45.1 Å². The lowest BCUT2D eigenvalue weighted by atomic mass is 10.3. The highest BCUT2D eigenvalue weighted by Crippen LogP contribution is 2.17. The third-order valence-corrected chi connectivity index (χ3v) is 5.55. The number of halogens is 3. The predicted molar refractivity (Wildman–Crippen MR) is 99.5 cm³/mol. The van der Waals surface area contributed by atoms with Crippen molar-refractivity contribution < 1.29 is 27.9 Å². The molecule has 9 nitrogen and oxygen atoms in total. The molecule has 2 aliphatic rings. The number of rotatable bonds is 4. The highest BCUT2D eigenvalue weighted by atomic mass is 32.1. The molecule has 0 aliphatic carbocycles. The van der Waals surface area contributed by atoms with Gasteiger partial charge in [-0.05, 0) is 6.42 Å². The van der Waals surface area contributed by atoms with Gasteiger partial charge in [-0.15, -0.1) is 21.5 Å². The van der Waals surface area contributed by atoms with Crippen molar-refractivity contribution in [3.8, 4) is 0 Å². The van der Waals surface area contributed by atoms with Crippen molar-refractivity contribution in [2.75, 3.05) is 19.6 Å². The number of likely N-dealkylation sites (tertiary alicyclic amines) is 1. The van der Waals surface area contributed by atoms with Crippen LogP contribution in [-0.4, -0.2) is 72.3 Å². The van der Waals surface area contributed by atoms with E-state index < -0.39 is 12.1 Å². The molecular weight excluding hydrogens is 425 g/mol. The maximum absolute atomic E-state index is 11.8. The van der Waals surface area contributed by atoms with E-state index in [-0.39, 0.29) is 5.91 Å². The number of hydrogen-bond donors (Lipinski definition) is 1. The fourth-order valence-corrected chi connectivity index (χ4v) is 3.92. The van der Waals surface area contributed by atoms with Gasteiger partial charge in [-0.2, -0.15) is 13.2 Å². The van der Waals surface area contributed by atoms with E-state index in [9.17, 15) is 18.0 Å². The van der Waals surface area contributed by atoms with E-state index in [0.717, 1.165) is 62.2 Å². The van der Waals surface area contributed by atoms with Crippen molar-refractivity contribution in [3.05, 3.63) is 28.2 Å². The summed E-state index contributed by atoms with van der Waals surface area (Å²) in [5.74, 6) is -0.562. The number of carbonyl (C=O) groups is 2. The van der Waals surface area contributed by atoms with E-state index in [1.54, 1.807) is 11.3 Å². The molecule has 2 aromatic heterocycles. The summed E-state index contributed by atoms with van der Waals surface area (Å²) in [6.07, 6.45) is -0.700. The van der Waals surface area contributed by atoms with Crippen LogP contribution in [-0.2, 0) is 35.6 Å². The van der Waals surface area contributed by atoms with Crippen LogP contribution < -0.4 is 0 Å². The molecule has 2 aromatic rings. The third kappa shape index (κ3) is 5.75. The van der Waals surface area contributed by atoms with Gasteiger partial charge >= 0.3 is 12.1 Å². The van der Waals surface area contributed by atoms with E-state index in [1.807, 2.05) is 16.5 Å². The van der Waals surface area contributed by atoms with Gasteiger partial charge in [-0.25, -0.2) is 9.78 Å². The average Bonchev–Trinajstić information content (AvgIpc) is 3.38. The Morgan fingerprint density at radius 1 is 1.13 bits per heavy atom. The summed E-state index contributed by atoms with van der Waals surface area (Å²) in [6.45, 7) is 5.16. The van der Waals surface area contributed by atoms with Crippen molar-refractivity contribution in [1.29, 1.82) is 0 Å². The van der Waals surface area contributed by atoms with Gasteiger partial charge in [0.25, 0.3) is 0 Å². The Morgan fingerprint density at radius 2 is 1.90 bits per heavy atom. The van der Waals surface area contributed by atoms with Crippen molar-refractivity contribution >= 4 is 23.2 Å². The number of carboxylic acids is 1. The van der Waals surface area contributed by atoms with Crippen LogP contribution in [0.5, 0.6) is 0 Å². The van der Waals surface area contributed by atoms with Crippen LogP contribution in [0, 0.1) is 0 Å². The lowest BCUT2D eigenvalue weighted by Crippen LogP contribution is -2.28. The zero-order chi connectivity index (χ0) is 21.7. The molecule has 0 unspecified atom stereocenters. The highest BCUT2D eigenvalue weighted by Gasteiger charge is 2.38. The molecule has 0 radical (unpaired) electrons. The Bertz CT molecular complexity index is 871. The predicted octanol–water partition coefficient (Wildman–Crippen LogP) is 1.55. The molecule has 30 heavy (non-hydrogen) atoms. The number of carboxylic acid groups (broad SMARTS) is 1. The Morgan fingerprint density at radius 3 is 2.50 bits per heavy atom. The van der Waals surface area contributed by atoms with E-state index in [0.29, 0.717) is 13.0 Å². The molecule has 1 saturated heterocycles. The summed E-state index contributed by atoms with van der Waals surface area (Å²) >= 11 is 1.70. The Balaban J connectivity index is 0.000000318. The zero-order valence-corrected chi connectivity index (χ0v) is 16.8. The topological polar surface area (TPSA) is 104 Å². The summed E-state index contributed by atoms with van der Waals surface area (Å²) < 4.78 is 33.9. The quantitative estimate of drug-likeness (QED) is 0.760. The lowest BCUT2D eigenvalue weighted by Gasteiger charge is -2.18. The minimum Gasteiger partial charge on any atom is -0.475 e. The maximum Gasteiger partial charge on any atom is 0.490 e. The highest BCUT2D eigenvalue weighted by molar-refractivity contribution is 7.09. The second kappa shape index (κ2) is 9.51. The first-order chi connectivity index (χ1) is 14.2. The average molecular weight is 446 g/mol. The summed E-state index contributed by atoms with van der Waals surface area (Å²) in [7, 11) is 0. The smallest absolute Gasteiger partial charge is 0.475 e. The normalized spacial score (nSPS) is 17.3. The van der Waals surface area contributed by atoms with Crippen LogP contribution in [0.4, 0.5) is 13.2 Å². The Hall–Kier alpha value is -2.54. The van der Waals surface area contributed by atoms with Crippen molar-refractivity contribution in [1.82, 2.24) is 29.5 Å².